The van der Waals surface area contributed by atoms with Gasteiger partial charge < -0.3 is 14.3 Å². The molecule has 1 saturated carbocycles. The van der Waals surface area contributed by atoms with Crippen molar-refractivity contribution in [2.75, 3.05) is 13.7 Å². The minimum absolute atomic E-state index is 0.311. The molecule has 5 heteroatoms. The SMILES string of the molecule is COCC(CC=O)C1CCC(C=NC(=O)OC(C)(C)C)CC1. The lowest BCUT2D eigenvalue weighted by Crippen LogP contribution is -2.26. The first-order valence-electron chi connectivity index (χ1n) is 8.05. The highest BCUT2D eigenvalue weighted by molar-refractivity contribution is 5.80. The van der Waals surface area contributed by atoms with Gasteiger partial charge in [-0.2, -0.15) is 4.99 Å². The molecule has 0 saturated heterocycles. The van der Waals surface area contributed by atoms with Gasteiger partial charge in [0, 0.05) is 26.4 Å². The highest BCUT2D eigenvalue weighted by Crippen LogP contribution is 2.34. The first-order chi connectivity index (χ1) is 10.4. The summed E-state index contributed by atoms with van der Waals surface area (Å²) in [6, 6.07) is 0. The van der Waals surface area contributed by atoms with Crippen LogP contribution in [-0.4, -0.2) is 37.9 Å². The van der Waals surface area contributed by atoms with E-state index >= 15 is 0 Å². The third-order valence-electron chi connectivity index (χ3n) is 4.05. The van der Waals surface area contributed by atoms with Crippen LogP contribution in [0, 0.1) is 17.8 Å². The van der Waals surface area contributed by atoms with Crippen molar-refractivity contribution < 1.29 is 19.1 Å². The molecule has 5 nitrogen and oxygen atoms in total. The van der Waals surface area contributed by atoms with Crippen LogP contribution < -0.4 is 0 Å². The zero-order valence-corrected chi connectivity index (χ0v) is 14.2. The quantitative estimate of drug-likeness (QED) is 0.555. The first-order valence-corrected chi connectivity index (χ1v) is 8.05. The molecule has 0 aromatic carbocycles. The number of carbonyl (C=O) groups is 2. The molecule has 126 valence electrons. The molecule has 0 spiro atoms. The van der Waals surface area contributed by atoms with Gasteiger partial charge in [0.05, 0.1) is 0 Å². The molecule has 0 N–H and O–H groups in total. The van der Waals surface area contributed by atoms with Crippen LogP contribution in [0.25, 0.3) is 0 Å². The Morgan fingerprint density at radius 1 is 1.27 bits per heavy atom. The highest BCUT2D eigenvalue weighted by Gasteiger charge is 2.27. The maximum Gasteiger partial charge on any atom is 0.433 e. The van der Waals surface area contributed by atoms with E-state index in [1.165, 1.54) is 0 Å². The van der Waals surface area contributed by atoms with Crippen LogP contribution in [0.4, 0.5) is 4.79 Å². The zero-order chi connectivity index (χ0) is 16.6. The van der Waals surface area contributed by atoms with E-state index in [4.69, 9.17) is 9.47 Å². The maximum atomic E-state index is 11.6. The molecule has 1 fully saturated rings. The van der Waals surface area contributed by atoms with Gasteiger partial charge in [-0.1, -0.05) is 0 Å². The van der Waals surface area contributed by atoms with Gasteiger partial charge in [0.15, 0.2) is 0 Å². The van der Waals surface area contributed by atoms with Crippen molar-refractivity contribution in [3.8, 4) is 0 Å². The summed E-state index contributed by atoms with van der Waals surface area (Å²) in [6.07, 6.45) is 6.85. The van der Waals surface area contributed by atoms with Gasteiger partial charge in [-0.3, -0.25) is 0 Å². The minimum atomic E-state index is -0.521. The Kier molecular flexibility index (Phi) is 7.73. The molecule has 1 amide bonds. The van der Waals surface area contributed by atoms with E-state index in [9.17, 15) is 9.59 Å². The number of carbonyl (C=O) groups excluding carboxylic acids is 2. The molecule has 1 aliphatic carbocycles. The lowest BCUT2D eigenvalue weighted by molar-refractivity contribution is -0.109. The number of ether oxygens (including phenoxy) is 2. The Morgan fingerprint density at radius 2 is 1.91 bits per heavy atom. The van der Waals surface area contributed by atoms with Crippen LogP contribution in [0.3, 0.4) is 0 Å². The van der Waals surface area contributed by atoms with Gasteiger partial charge in [0.25, 0.3) is 0 Å². The normalized spacial score (nSPS) is 24.2. The average Bonchev–Trinajstić information content (AvgIpc) is 2.44. The van der Waals surface area contributed by atoms with Crippen LogP contribution >= 0.6 is 0 Å². The van der Waals surface area contributed by atoms with E-state index < -0.39 is 11.7 Å². The van der Waals surface area contributed by atoms with E-state index in [2.05, 4.69) is 4.99 Å². The number of rotatable bonds is 6. The number of hydrogen-bond donors (Lipinski definition) is 0. The largest absolute Gasteiger partial charge is 0.442 e. The summed E-state index contributed by atoms with van der Waals surface area (Å²) >= 11 is 0. The molecule has 1 aliphatic rings. The van der Waals surface area contributed by atoms with Crippen molar-refractivity contribution in [3.63, 3.8) is 0 Å². The number of amides is 1. The fraction of sp³-hybridized carbons (Fsp3) is 0.824. The summed E-state index contributed by atoms with van der Waals surface area (Å²) in [7, 11) is 1.68. The van der Waals surface area contributed by atoms with Gasteiger partial charge in [0.1, 0.15) is 11.9 Å². The maximum absolute atomic E-state index is 11.6. The fourth-order valence-electron chi connectivity index (χ4n) is 2.95. The second-order valence-corrected chi connectivity index (χ2v) is 7.05. The molecule has 1 atom stereocenters. The van der Waals surface area contributed by atoms with Crippen LogP contribution in [-0.2, 0) is 14.3 Å². The Morgan fingerprint density at radius 3 is 2.41 bits per heavy atom. The molecular formula is C17H29NO4. The molecule has 0 aromatic heterocycles. The number of aldehydes is 1. The number of hydrogen-bond acceptors (Lipinski definition) is 4. The van der Waals surface area contributed by atoms with Crippen LogP contribution in [0.1, 0.15) is 52.9 Å². The second-order valence-electron chi connectivity index (χ2n) is 7.05. The van der Waals surface area contributed by atoms with Gasteiger partial charge in [-0.25, -0.2) is 4.79 Å². The topological polar surface area (TPSA) is 65.0 Å². The van der Waals surface area contributed by atoms with Crippen LogP contribution in [0.5, 0.6) is 0 Å². The van der Waals surface area contributed by atoms with E-state index in [1.807, 2.05) is 20.8 Å². The van der Waals surface area contributed by atoms with Crippen molar-refractivity contribution in [2.45, 2.75) is 58.5 Å². The summed E-state index contributed by atoms with van der Waals surface area (Å²) in [5, 5.41) is 0. The molecule has 0 aliphatic heterocycles. The Hall–Kier alpha value is -1.23. The molecular weight excluding hydrogens is 282 g/mol. The molecule has 1 unspecified atom stereocenters. The highest BCUT2D eigenvalue weighted by atomic mass is 16.6. The standard InChI is InChI=1S/C17H29NO4/c1-17(2,3)22-16(20)18-11-13-5-7-14(8-6-13)15(9-10-19)12-21-4/h10-11,13-15H,5-9,12H2,1-4H3. The smallest absolute Gasteiger partial charge is 0.433 e. The third-order valence-corrected chi connectivity index (χ3v) is 4.05. The molecule has 22 heavy (non-hydrogen) atoms. The van der Waals surface area contributed by atoms with Gasteiger partial charge >= 0.3 is 6.09 Å². The molecule has 0 heterocycles. The summed E-state index contributed by atoms with van der Waals surface area (Å²) in [4.78, 5) is 26.2. The lowest BCUT2D eigenvalue weighted by Gasteiger charge is -2.31. The van der Waals surface area contributed by atoms with Crippen LogP contribution in [0.15, 0.2) is 4.99 Å². The number of methoxy groups -OCH3 is 1. The molecule has 0 bridgehead atoms. The summed E-state index contributed by atoms with van der Waals surface area (Å²) in [5.41, 5.74) is -0.506. The lowest BCUT2D eigenvalue weighted by atomic mass is 9.75. The van der Waals surface area contributed by atoms with E-state index in [1.54, 1.807) is 13.3 Å². The third kappa shape index (κ3) is 7.16. The Balaban J connectivity index is 2.41. The number of aliphatic imine (C=N–C) groups is 1. The van der Waals surface area contributed by atoms with E-state index in [0.717, 1.165) is 32.0 Å². The number of nitrogens with zero attached hydrogens (tertiary/aromatic N) is 1. The molecule has 0 aromatic rings. The first kappa shape index (κ1) is 18.8. The summed E-state index contributed by atoms with van der Waals surface area (Å²) in [6.45, 7) is 6.12. The van der Waals surface area contributed by atoms with Gasteiger partial charge in [0.2, 0.25) is 0 Å². The summed E-state index contributed by atoms with van der Waals surface area (Å²) < 4.78 is 10.4. The summed E-state index contributed by atoms with van der Waals surface area (Å²) in [5.74, 6) is 1.16. The average molecular weight is 311 g/mol. The van der Waals surface area contributed by atoms with E-state index in [-0.39, 0.29) is 0 Å². The fourth-order valence-corrected chi connectivity index (χ4v) is 2.95. The Bertz CT molecular complexity index is 379. The van der Waals surface area contributed by atoms with E-state index in [0.29, 0.717) is 30.8 Å². The Labute approximate surface area is 133 Å². The predicted octanol–water partition coefficient (Wildman–Crippen LogP) is 3.65. The monoisotopic (exact) mass is 311 g/mol. The van der Waals surface area contributed by atoms with Crippen molar-refractivity contribution in [1.29, 1.82) is 0 Å². The van der Waals surface area contributed by atoms with Crippen molar-refractivity contribution in [1.82, 2.24) is 0 Å². The minimum Gasteiger partial charge on any atom is -0.442 e. The molecule has 0 radical (unpaired) electrons. The zero-order valence-electron chi connectivity index (χ0n) is 14.2. The van der Waals surface area contributed by atoms with Crippen molar-refractivity contribution in [2.24, 2.45) is 22.7 Å². The van der Waals surface area contributed by atoms with Gasteiger partial charge in [-0.05, 0) is 64.2 Å². The van der Waals surface area contributed by atoms with Crippen molar-refractivity contribution >= 4 is 18.6 Å². The van der Waals surface area contributed by atoms with Gasteiger partial charge in [-0.15, -0.1) is 0 Å². The molecule has 1 rings (SSSR count). The van der Waals surface area contributed by atoms with Crippen LogP contribution in [0.2, 0.25) is 0 Å². The predicted molar refractivity (Wildman–Crippen MR) is 86.2 cm³/mol. The second kappa shape index (κ2) is 9.03. The van der Waals surface area contributed by atoms with Crippen molar-refractivity contribution in [3.05, 3.63) is 0 Å².